The number of nitrogens with one attached hydrogen (secondary N) is 1. The first-order chi connectivity index (χ1) is 13.7. The summed E-state index contributed by atoms with van der Waals surface area (Å²) in [7, 11) is 1.64. The minimum atomic E-state index is 0.323. The maximum Gasteiger partial charge on any atom is 0.224 e. The van der Waals surface area contributed by atoms with Crippen molar-refractivity contribution in [3.05, 3.63) is 41.0 Å². The molecule has 2 aliphatic rings. The van der Waals surface area contributed by atoms with Gasteiger partial charge in [0.05, 0.1) is 25.3 Å². The number of likely N-dealkylation sites (tertiary alicyclic amines) is 1. The number of hydrogen-bond donors (Lipinski definition) is 1. The lowest BCUT2D eigenvalue weighted by molar-refractivity contribution is 0.122. The van der Waals surface area contributed by atoms with E-state index in [1.54, 1.807) is 7.11 Å². The van der Waals surface area contributed by atoms with Crippen molar-refractivity contribution in [3.63, 3.8) is 0 Å². The zero-order valence-electron chi connectivity index (χ0n) is 16.1. The highest BCUT2D eigenvalue weighted by Crippen LogP contribution is 2.29. The van der Waals surface area contributed by atoms with Gasteiger partial charge >= 0.3 is 0 Å². The number of rotatable bonds is 6. The van der Waals surface area contributed by atoms with Crippen LogP contribution in [0.3, 0.4) is 0 Å². The van der Waals surface area contributed by atoms with Gasteiger partial charge in [-0.1, -0.05) is 23.7 Å². The van der Waals surface area contributed by atoms with Gasteiger partial charge in [-0.25, -0.2) is 4.98 Å². The van der Waals surface area contributed by atoms with E-state index in [0.717, 1.165) is 69.5 Å². The predicted octanol–water partition coefficient (Wildman–Crippen LogP) is 2.66. The smallest absolute Gasteiger partial charge is 0.224 e. The average Bonchev–Trinajstić information content (AvgIpc) is 3.17. The third-order valence-electron chi connectivity index (χ3n) is 5.24. The molecule has 0 aliphatic carbocycles. The van der Waals surface area contributed by atoms with Gasteiger partial charge in [-0.05, 0) is 24.1 Å². The highest BCUT2D eigenvalue weighted by Gasteiger charge is 2.24. The van der Waals surface area contributed by atoms with Crippen molar-refractivity contribution < 1.29 is 9.47 Å². The molecule has 1 atom stereocenters. The van der Waals surface area contributed by atoms with Crippen LogP contribution in [0.2, 0.25) is 5.02 Å². The van der Waals surface area contributed by atoms with E-state index in [1.165, 1.54) is 0 Å². The second kappa shape index (κ2) is 8.94. The first kappa shape index (κ1) is 19.2. The van der Waals surface area contributed by atoms with Gasteiger partial charge in [-0.3, -0.25) is 4.90 Å². The van der Waals surface area contributed by atoms with Crippen LogP contribution in [0.25, 0.3) is 0 Å². The van der Waals surface area contributed by atoms with Crippen molar-refractivity contribution in [2.24, 2.45) is 0 Å². The van der Waals surface area contributed by atoms with Crippen LogP contribution >= 0.6 is 11.6 Å². The lowest BCUT2D eigenvalue weighted by Crippen LogP contribution is -2.37. The van der Waals surface area contributed by atoms with Crippen molar-refractivity contribution in [1.82, 2.24) is 14.9 Å². The van der Waals surface area contributed by atoms with Crippen LogP contribution in [0.5, 0.6) is 5.75 Å². The van der Waals surface area contributed by atoms with E-state index in [1.807, 2.05) is 24.4 Å². The van der Waals surface area contributed by atoms with Gasteiger partial charge in [0.25, 0.3) is 0 Å². The molecule has 1 aromatic carbocycles. The molecular weight excluding hydrogens is 378 g/mol. The molecule has 0 spiro atoms. The number of morpholine rings is 1. The Morgan fingerprint density at radius 3 is 2.93 bits per heavy atom. The van der Waals surface area contributed by atoms with E-state index in [4.69, 9.17) is 26.1 Å². The van der Waals surface area contributed by atoms with Crippen LogP contribution in [-0.2, 0) is 11.3 Å². The van der Waals surface area contributed by atoms with E-state index in [9.17, 15) is 0 Å². The topological polar surface area (TPSA) is 62.8 Å². The first-order valence-electron chi connectivity index (χ1n) is 9.69. The number of hydrogen-bond acceptors (Lipinski definition) is 7. The molecule has 0 amide bonds. The normalized spacial score (nSPS) is 20.4. The van der Waals surface area contributed by atoms with E-state index in [2.05, 4.69) is 26.2 Å². The Balaban J connectivity index is 1.35. The van der Waals surface area contributed by atoms with Crippen LogP contribution in [0.15, 0.2) is 30.5 Å². The van der Waals surface area contributed by atoms with Crippen molar-refractivity contribution in [3.8, 4) is 5.75 Å². The molecule has 3 heterocycles. The van der Waals surface area contributed by atoms with E-state index >= 15 is 0 Å². The number of benzene rings is 1. The molecule has 0 saturated carbocycles. The minimum absolute atomic E-state index is 0.323. The third-order valence-corrected chi connectivity index (χ3v) is 5.67. The average molecular weight is 404 g/mol. The second-order valence-corrected chi connectivity index (χ2v) is 7.51. The molecule has 150 valence electrons. The molecule has 2 fully saturated rings. The molecule has 8 heteroatoms. The summed E-state index contributed by atoms with van der Waals surface area (Å²) in [6.07, 6.45) is 2.87. The Morgan fingerprint density at radius 2 is 2.11 bits per heavy atom. The van der Waals surface area contributed by atoms with Crippen LogP contribution in [0, 0.1) is 0 Å². The number of methoxy groups -OCH3 is 1. The molecule has 2 saturated heterocycles. The van der Waals surface area contributed by atoms with Crippen LogP contribution in [-0.4, -0.2) is 67.4 Å². The lowest BCUT2D eigenvalue weighted by Gasteiger charge is -2.28. The Hall–Kier alpha value is -2.09. The van der Waals surface area contributed by atoms with Crippen molar-refractivity contribution in [2.75, 3.05) is 56.7 Å². The summed E-state index contributed by atoms with van der Waals surface area (Å²) in [5.41, 5.74) is 1.09. The number of halogens is 1. The summed E-state index contributed by atoms with van der Waals surface area (Å²) < 4.78 is 10.7. The molecule has 2 aliphatic heterocycles. The first-order valence-corrected chi connectivity index (χ1v) is 10.1. The standard InChI is InChI=1S/C20H26ClN5O2/c1-27-17-4-2-3-15(19(17)21)13-25-8-6-16(14-25)23-20-22-7-5-18(24-20)26-9-11-28-12-10-26/h2-5,7,16H,6,8-14H2,1H3,(H,22,23,24). The number of anilines is 2. The van der Waals surface area contributed by atoms with E-state index < -0.39 is 0 Å². The molecule has 7 nitrogen and oxygen atoms in total. The van der Waals surface area contributed by atoms with E-state index in [-0.39, 0.29) is 0 Å². The number of ether oxygens (including phenoxy) is 2. The van der Waals surface area contributed by atoms with E-state index in [0.29, 0.717) is 17.0 Å². The monoisotopic (exact) mass is 403 g/mol. The Morgan fingerprint density at radius 1 is 1.25 bits per heavy atom. The maximum atomic E-state index is 6.44. The summed E-state index contributed by atoms with van der Waals surface area (Å²) in [6.45, 7) is 5.98. The zero-order chi connectivity index (χ0) is 19.3. The van der Waals surface area contributed by atoms with Crippen LogP contribution in [0.4, 0.5) is 11.8 Å². The van der Waals surface area contributed by atoms with Crippen LogP contribution < -0.4 is 15.0 Å². The Kier molecular flexibility index (Phi) is 6.14. The third kappa shape index (κ3) is 4.48. The summed E-state index contributed by atoms with van der Waals surface area (Å²) in [6, 6.07) is 8.21. The fourth-order valence-corrected chi connectivity index (χ4v) is 4.00. The molecule has 0 radical (unpaired) electrons. The van der Waals surface area contributed by atoms with Crippen molar-refractivity contribution in [2.45, 2.75) is 19.0 Å². The largest absolute Gasteiger partial charge is 0.495 e. The molecule has 4 rings (SSSR count). The second-order valence-electron chi connectivity index (χ2n) is 7.14. The zero-order valence-corrected chi connectivity index (χ0v) is 16.9. The molecule has 28 heavy (non-hydrogen) atoms. The van der Waals surface area contributed by atoms with Gasteiger partial charge in [-0.2, -0.15) is 4.98 Å². The molecule has 2 aromatic rings. The molecule has 1 N–H and O–H groups in total. The predicted molar refractivity (Wildman–Crippen MR) is 110 cm³/mol. The minimum Gasteiger partial charge on any atom is -0.495 e. The van der Waals surface area contributed by atoms with Gasteiger partial charge < -0.3 is 19.7 Å². The summed E-state index contributed by atoms with van der Waals surface area (Å²) in [4.78, 5) is 13.7. The summed E-state index contributed by atoms with van der Waals surface area (Å²) >= 11 is 6.44. The Labute approximate surface area is 170 Å². The summed E-state index contributed by atoms with van der Waals surface area (Å²) in [5.74, 6) is 2.37. The molecular formula is C20H26ClN5O2. The molecule has 1 aromatic heterocycles. The quantitative estimate of drug-likeness (QED) is 0.795. The highest BCUT2D eigenvalue weighted by molar-refractivity contribution is 6.32. The Bertz CT molecular complexity index is 800. The fraction of sp³-hybridized carbons (Fsp3) is 0.500. The van der Waals surface area contributed by atoms with Gasteiger partial charge in [0.2, 0.25) is 5.95 Å². The number of aromatic nitrogens is 2. The fourth-order valence-electron chi connectivity index (χ4n) is 3.74. The maximum absolute atomic E-state index is 6.44. The van der Waals surface area contributed by atoms with Gasteiger partial charge in [-0.15, -0.1) is 0 Å². The summed E-state index contributed by atoms with van der Waals surface area (Å²) in [5, 5.41) is 4.19. The highest BCUT2D eigenvalue weighted by atomic mass is 35.5. The van der Waals surface area contributed by atoms with Gasteiger partial charge in [0.15, 0.2) is 0 Å². The van der Waals surface area contributed by atoms with Crippen molar-refractivity contribution in [1.29, 1.82) is 0 Å². The number of nitrogens with zero attached hydrogens (tertiary/aromatic N) is 4. The molecule has 0 bridgehead atoms. The lowest BCUT2D eigenvalue weighted by atomic mass is 10.2. The SMILES string of the molecule is COc1cccc(CN2CCC(Nc3nccc(N4CCOCC4)n3)C2)c1Cl. The molecule has 1 unspecified atom stereocenters. The van der Waals surface area contributed by atoms with Gasteiger partial charge in [0, 0.05) is 45.0 Å². The van der Waals surface area contributed by atoms with Gasteiger partial charge in [0.1, 0.15) is 11.6 Å². The van der Waals surface area contributed by atoms with Crippen molar-refractivity contribution >= 4 is 23.4 Å². The van der Waals surface area contributed by atoms with Crippen LogP contribution in [0.1, 0.15) is 12.0 Å².